The summed E-state index contributed by atoms with van der Waals surface area (Å²) < 4.78 is 5.42. The SMILES string of the molecule is CC1CC(C(=O)N2CCC(C(=O)O)C2)CCO1. The van der Waals surface area contributed by atoms with E-state index in [2.05, 4.69) is 0 Å². The molecular formula is C12H19NO4. The van der Waals surface area contributed by atoms with E-state index in [1.807, 2.05) is 6.92 Å². The van der Waals surface area contributed by atoms with Crippen molar-refractivity contribution in [3.05, 3.63) is 0 Å². The van der Waals surface area contributed by atoms with Gasteiger partial charge in [0.2, 0.25) is 5.91 Å². The number of carboxylic acid groups (broad SMARTS) is 1. The Balaban J connectivity index is 1.90. The van der Waals surface area contributed by atoms with E-state index < -0.39 is 5.97 Å². The van der Waals surface area contributed by atoms with Gasteiger partial charge in [0, 0.05) is 25.6 Å². The van der Waals surface area contributed by atoms with Crippen molar-refractivity contribution >= 4 is 11.9 Å². The first-order valence-corrected chi connectivity index (χ1v) is 6.21. The minimum atomic E-state index is -0.791. The van der Waals surface area contributed by atoms with Crippen LogP contribution in [0, 0.1) is 11.8 Å². The summed E-state index contributed by atoms with van der Waals surface area (Å²) in [6.45, 7) is 3.57. The lowest BCUT2D eigenvalue weighted by Crippen LogP contribution is -2.39. The molecule has 17 heavy (non-hydrogen) atoms. The lowest BCUT2D eigenvalue weighted by Gasteiger charge is -2.29. The first-order valence-electron chi connectivity index (χ1n) is 6.21. The van der Waals surface area contributed by atoms with Crippen LogP contribution in [0.5, 0.6) is 0 Å². The number of carbonyl (C=O) groups is 2. The van der Waals surface area contributed by atoms with Crippen LogP contribution in [0.3, 0.4) is 0 Å². The molecule has 0 spiro atoms. The van der Waals surface area contributed by atoms with Crippen molar-refractivity contribution in [2.24, 2.45) is 11.8 Å². The predicted octanol–water partition coefficient (Wildman–Crippen LogP) is 0.735. The standard InChI is InChI=1S/C12H19NO4/c1-8-6-9(3-5-17-8)11(14)13-4-2-10(7-13)12(15)16/h8-10H,2-7H2,1H3,(H,15,16). The van der Waals surface area contributed by atoms with Gasteiger partial charge in [0.15, 0.2) is 0 Å². The number of nitrogens with zero attached hydrogens (tertiary/aromatic N) is 1. The van der Waals surface area contributed by atoms with E-state index in [9.17, 15) is 9.59 Å². The highest BCUT2D eigenvalue weighted by Gasteiger charge is 2.35. The summed E-state index contributed by atoms with van der Waals surface area (Å²) >= 11 is 0. The minimum Gasteiger partial charge on any atom is -0.481 e. The number of aliphatic carboxylic acids is 1. The third-order valence-corrected chi connectivity index (χ3v) is 3.68. The van der Waals surface area contributed by atoms with E-state index in [0.717, 1.165) is 12.8 Å². The Morgan fingerprint density at radius 3 is 2.65 bits per heavy atom. The average molecular weight is 241 g/mol. The molecule has 2 fully saturated rings. The highest BCUT2D eigenvalue weighted by molar-refractivity contribution is 5.80. The Labute approximate surface area is 101 Å². The molecule has 0 aliphatic carbocycles. The highest BCUT2D eigenvalue weighted by atomic mass is 16.5. The van der Waals surface area contributed by atoms with Crippen LogP contribution in [0.1, 0.15) is 26.2 Å². The van der Waals surface area contributed by atoms with Crippen molar-refractivity contribution < 1.29 is 19.4 Å². The summed E-state index contributed by atoms with van der Waals surface area (Å²) in [6.07, 6.45) is 2.24. The highest BCUT2D eigenvalue weighted by Crippen LogP contribution is 2.25. The number of hydrogen-bond donors (Lipinski definition) is 1. The number of carbonyl (C=O) groups excluding carboxylic acids is 1. The first-order chi connectivity index (χ1) is 8.08. The molecule has 2 saturated heterocycles. The summed E-state index contributed by atoms with van der Waals surface area (Å²) in [5.41, 5.74) is 0. The molecule has 2 rings (SSSR count). The third-order valence-electron chi connectivity index (χ3n) is 3.68. The van der Waals surface area contributed by atoms with Crippen molar-refractivity contribution in [2.45, 2.75) is 32.3 Å². The summed E-state index contributed by atoms with van der Waals surface area (Å²) in [5.74, 6) is -1.04. The van der Waals surface area contributed by atoms with E-state index in [1.165, 1.54) is 0 Å². The van der Waals surface area contributed by atoms with Crippen LogP contribution in [0.2, 0.25) is 0 Å². The van der Waals surface area contributed by atoms with Crippen LogP contribution in [0.15, 0.2) is 0 Å². The maximum atomic E-state index is 12.2. The molecule has 0 aromatic carbocycles. The van der Waals surface area contributed by atoms with Gasteiger partial charge in [0.05, 0.1) is 12.0 Å². The normalized spacial score (nSPS) is 33.7. The quantitative estimate of drug-likeness (QED) is 0.774. The molecule has 0 saturated carbocycles. The summed E-state index contributed by atoms with van der Waals surface area (Å²) in [4.78, 5) is 24.7. The Morgan fingerprint density at radius 2 is 2.06 bits per heavy atom. The van der Waals surface area contributed by atoms with Crippen LogP contribution in [-0.2, 0) is 14.3 Å². The van der Waals surface area contributed by atoms with Crippen LogP contribution < -0.4 is 0 Å². The van der Waals surface area contributed by atoms with E-state index in [4.69, 9.17) is 9.84 Å². The Morgan fingerprint density at radius 1 is 1.29 bits per heavy atom. The Kier molecular flexibility index (Phi) is 3.66. The van der Waals surface area contributed by atoms with Gasteiger partial charge >= 0.3 is 5.97 Å². The number of amides is 1. The van der Waals surface area contributed by atoms with E-state index >= 15 is 0 Å². The molecule has 2 aliphatic rings. The molecule has 2 heterocycles. The molecule has 2 aliphatic heterocycles. The number of rotatable bonds is 2. The van der Waals surface area contributed by atoms with Gasteiger partial charge in [-0.3, -0.25) is 9.59 Å². The molecule has 0 aromatic rings. The zero-order chi connectivity index (χ0) is 12.4. The van der Waals surface area contributed by atoms with Crippen LogP contribution in [0.25, 0.3) is 0 Å². The van der Waals surface area contributed by atoms with Gasteiger partial charge in [-0.25, -0.2) is 0 Å². The molecule has 0 bridgehead atoms. The average Bonchev–Trinajstić information content (AvgIpc) is 2.77. The topological polar surface area (TPSA) is 66.8 Å². The van der Waals surface area contributed by atoms with Crippen molar-refractivity contribution in [3.63, 3.8) is 0 Å². The molecule has 0 aromatic heterocycles. The van der Waals surface area contributed by atoms with Crippen molar-refractivity contribution in [2.75, 3.05) is 19.7 Å². The van der Waals surface area contributed by atoms with Gasteiger partial charge in [0.25, 0.3) is 0 Å². The molecule has 1 amide bonds. The van der Waals surface area contributed by atoms with Gasteiger partial charge in [-0.2, -0.15) is 0 Å². The van der Waals surface area contributed by atoms with Crippen LogP contribution >= 0.6 is 0 Å². The second-order valence-corrected chi connectivity index (χ2v) is 5.01. The largest absolute Gasteiger partial charge is 0.481 e. The van der Waals surface area contributed by atoms with E-state index in [0.29, 0.717) is 26.1 Å². The summed E-state index contributed by atoms with van der Waals surface area (Å²) in [5, 5.41) is 8.91. The number of carboxylic acids is 1. The van der Waals surface area contributed by atoms with Gasteiger partial charge in [-0.1, -0.05) is 0 Å². The van der Waals surface area contributed by atoms with Gasteiger partial charge in [-0.05, 0) is 26.2 Å². The lowest BCUT2D eigenvalue weighted by molar-refractivity contribution is -0.142. The predicted molar refractivity (Wildman–Crippen MR) is 60.5 cm³/mol. The minimum absolute atomic E-state index is 0.0197. The number of hydrogen-bond acceptors (Lipinski definition) is 3. The van der Waals surface area contributed by atoms with Crippen molar-refractivity contribution in [3.8, 4) is 0 Å². The van der Waals surface area contributed by atoms with Crippen LogP contribution in [-0.4, -0.2) is 47.7 Å². The molecule has 3 atom stereocenters. The summed E-state index contributed by atoms with van der Waals surface area (Å²) in [6, 6.07) is 0. The first kappa shape index (κ1) is 12.4. The fraction of sp³-hybridized carbons (Fsp3) is 0.833. The van der Waals surface area contributed by atoms with Crippen molar-refractivity contribution in [1.29, 1.82) is 0 Å². The molecule has 1 N–H and O–H groups in total. The van der Waals surface area contributed by atoms with Gasteiger partial charge < -0.3 is 14.7 Å². The number of ether oxygens (including phenoxy) is 1. The zero-order valence-electron chi connectivity index (χ0n) is 10.1. The smallest absolute Gasteiger partial charge is 0.308 e. The second-order valence-electron chi connectivity index (χ2n) is 5.01. The number of likely N-dealkylation sites (tertiary alicyclic amines) is 1. The fourth-order valence-corrected chi connectivity index (χ4v) is 2.64. The third kappa shape index (κ3) is 2.77. The van der Waals surface area contributed by atoms with E-state index in [-0.39, 0.29) is 23.8 Å². The second kappa shape index (κ2) is 5.04. The van der Waals surface area contributed by atoms with Gasteiger partial charge in [-0.15, -0.1) is 0 Å². The zero-order valence-corrected chi connectivity index (χ0v) is 10.1. The van der Waals surface area contributed by atoms with E-state index in [1.54, 1.807) is 4.90 Å². The molecular weight excluding hydrogens is 222 g/mol. The van der Waals surface area contributed by atoms with Gasteiger partial charge in [0.1, 0.15) is 0 Å². The lowest BCUT2D eigenvalue weighted by atomic mass is 9.95. The maximum Gasteiger partial charge on any atom is 0.308 e. The van der Waals surface area contributed by atoms with Crippen molar-refractivity contribution in [1.82, 2.24) is 4.90 Å². The molecule has 5 heteroatoms. The molecule has 3 unspecified atom stereocenters. The Hall–Kier alpha value is -1.10. The molecule has 0 radical (unpaired) electrons. The molecule has 96 valence electrons. The monoisotopic (exact) mass is 241 g/mol. The maximum absolute atomic E-state index is 12.2. The fourth-order valence-electron chi connectivity index (χ4n) is 2.64. The molecule has 5 nitrogen and oxygen atoms in total. The summed E-state index contributed by atoms with van der Waals surface area (Å²) in [7, 11) is 0. The van der Waals surface area contributed by atoms with Crippen LogP contribution in [0.4, 0.5) is 0 Å². The Bertz CT molecular complexity index is 318.